The van der Waals surface area contributed by atoms with Crippen LogP contribution < -0.4 is 96.5 Å². The van der Waals surface area contributed by atoms with E-state index in [1.54, 1.807) is 71.9 Å². The van der Waals surface area contributed by atoms with Gasteiger partial charge >= 0.3 is 17.9 Å². The number of primary amides is 1. The average molecular weight is 1770 g/mol. The molecule has 2 saturated heterocycles. The van der Waals surface area contributed by atoms with E-state index >= 15 is 0 Å². The van der Waals surface area contributed by atoms with Crippen molar-refractivity contribution in [3.63, 3.8) is 0 Å². The predicted octanol–water partition coefficient (Wildman–Crippen LogP) is -9.04. The molecule has 0 radical (unpaired) electrons. The Morgan fingerprint density at radius 3 is 1.33 bits per heavy atom. The number of nitrogens with two attached hydrogens (primary N) is 2. The van der Waals surface area contributed by atoms with Gasteiger partial charge in [0.2, 0.25) is 112 Å². The number of nitrogens with one attached hydrogen (secondary N) is 16. The third-order valence-corrected chi connectivity index (χ3v) is 20.4. The molecular formula is C78H122N20O27. The van der Waals surface area contributed by atoms with Crippen molar-refractivity contribution in [2.75, 3.05) is 59.0 Å². The van der Waals surface area contributed by atoms with E-state index in [1.807, 2.05) is 13.8 Å². The van der Waals surface area contributed by atoms with Crippen molar-refractivity contribution in [1.82, 2.24) is 94.9 Å². The quantitative estimate of drug-likeness (QED) is 0.0288. The first-order chi connectivity index (χ1) is 58.7. The van der Waals surface area contributed by atoms with Gasteiger partial charge in [-0.25, -0.2) is 4.79 Å². The molecule has 47 nitrogen and oxygen atoms in total. The zero-order valence-electron chi connectivity index (χ0n) is 71.6. The molecule has 16 atom stereocenters. The summed E-state index contributed by atoms with van der Waals surface area (Å²) in [6.45, 7) is 9.84. The number of carbonyl (C=O) groups is 22. The summed E-state index contributed by atoms with van der Waals surface area (Å²) in [5, 5.41) is 87.0. The highest BCUT2D eigenvalue weighted by Gasteiger charge is 2.42. The van der Waals surface area contributed by atoms with Crippen LogP contribution in [0, 0.1) is 23.7 Å². The highest BCUT2D eigenvalue weighted by Crippen LogP contribution is 2.21. The first kappa shape index (κ1) is 107. The Bertz CT molecular complexity index is 4000. The van der Waals surface area contributed by atoms with E-state index in [1.165, 1.54) is 6.92 Å². The molecule has 25 N–H and O–H groups in total. The van der Waals surface area contributed by atoms with Crippen LogP contribution in [0.5, 0.6) is 0 Å². The number of benzene rings is 1. The summed E-state index contributed by atoms with van der Waals surface area (Å²) >= 11 is 0. The summed E-state index contributed by atoms with van der Waals surface area (Å²) in [6.07, 6.45) is -3.49. The number of likely N-dealkylation sites (tertiary alicyclic amines) is 2. The van der Waals surface area contributed by atoms with Crippen molar-refractivity contribution in [2.45, 2.75) is 237 Å². The lowest BCUT2D eigenvalue weighted by Gasteiger charge is -2.28. The summed E-state index contributed by atoms with van der Waals surface area (Å²) in [5.74, 6) is -24.2. The fourth-order valence-electron chi connectivity index (χ4n) is 12.9. The van der Waals surface area contributed by atoms with Gasteiger partial charge in [-0.2, -0.15) is 0 Å². The van der Waals surface area contributed by atoms with Gasteiger partial charge < -0.3 is 132 Å². The van der Waals surface area contributed by atoms with Crippen LogP contribution in [-0.4, -0.2) is 309 Å². The molecule has 0 aliphatic carbocycles. The molecule has 2 aliphatic heterocycles. The summed E-state index contributed by atoms with van der Waals surface area (Å²) in [5.41, 5.74) is 11.8. The van der Waals surface area contributed by atoms with Crippen LogP contribution in [0.15, 0.2) is 30.3 Å². The molecule has 19 amide bonds. The van der Waals surface area contributed by atoms with Gasteiger partial charge in [0.05, 0.1) is 64.4 Å². The third-order valence-electron chi connectivity index (χ3n) is 20.4. The number of aliphatic hydroxyl groups is 2. The predicted molar refractivity (Wildman–Crippen MR) is 438 cm³/mol. The number of aliphatic hydroxyl groups excluding tert-OH is 2. The number of rotatable bonds is 54. The molecule has 1 aromatic rings. The molecule has 0 unspecified atom stereocenters. The Morgan fingerprint density at radius 1 is 0.432 bits per heavy atom. The zero-order valence-corrected chi connectivity index (χ0v) is 71.6. The zero-order chi connectivity index (χ0) is 94.2. The van der Waals surface area contributed by atoms with Crippen LogP contribution in [0.1, 0.15) is 152 Å². The molecule has 0 spiro atoms. The molecule has 2 heterocycles. The number of nitrogens with zero attached hydrogens (tertiary/aromatic N) is 2. The number of hydrogen-bond donors (Lipinski definition) is 23. The average Bonchev–Trinajstić information content (AvgIpc) is 1.70. The summed E-state index contributed by atoms with van der Waals surface area (Å²) in [6, 6.07) is -10.1. The molecule has 3 rings (SSSR count). The van der Waals surface area contributed by atoms with Gasteiger partial charge in [-0.1, -0.05) is 98.6 Å². The standard InChI is InChI=1S/C78H122N20O27/c1-11-40(7)63(93-56(104)33-82-68(114)48(29-44-18-14-13-15-19-44)90-67(113)45(79)28-38(3)4)76(122)87-42(9)66(112)81-31-54(102)88-46(23-25-60(108)109)71(117)91-49(30-61(110)111)69(115)85-35-58(106)98-27-17-21-52(98)73(119)96-65(43(10)100)75(121)86-36-59(107)97-26-16-20-51(97)72(118)92-50(37-99)70(116)83-34-57(105)94-64(41(8)12-2)77(123)95-62(39(5)6)74(120)84-32-55(103)89-47(78(124)125)22-24-53(80)101/h13-15,18-19,38-43,45-52,62-65,99-100H,11-12,16-17,20-37,79H2,1-10H3,(H2,80,101)(H,81,112)(H,82,114)(H,83,116)(H,84,120)(H,85,115)(H,86,121)(H,87,122)(H,88,102)(H,89,103)(H,90,113)(H,91,117)(H,92,118)(H,93,104)(H,94,105)(H,95,123)(H,96,119)(H,108,109)(H,110,111)(H,124,125)/t40-,41-,42-,43+,45-,46-,47-,48-,49-,50-,51-,52-,62-,63-,64-,65-/m0/s1. The van der Waals surface area contributed by atoms with E-state index in [9.17, 15) is 131 Å². The largest absolute Gasteiger partial charge is 0.481 e. The second-order valence-electron chi connectivity index (χ2n) is 31.3. The normalized spacial score (nSPS) is 16.9. The highest BCUT2D eigenvalue weighted by atomic mass is 16.4. The van der Waals surface area contributed by atoms with Crippen LogP contribution in [0.25, 0.3) is 0 Å². The lowest BCUT2D eigenvalue weighted by Crippen LogP contribution is -2.59. The maximum Gasteiger partial charge on any atom is 0.326 e. The lowest BCUT2D eigenvalue weighted by molar-refractivity contribution is -0.142. The van der Waals surface area contributed by atoms with Gasteiger partial charge in [-0.15, -0.1) is 0 Å². The smallest absolute Gasteiger partial charge is 0.326 e. The molecule has 2 aliphatic rings. The van der Waals surface area contributed by atoms with Crippen LogP contribution in [0.4, 0.5) is 0 Å². The maximum atomic E-state index is 13.8. The lowest BCUT2D eigenvalue weighted by atomic mass is 9.96. The number of hydrogen-bond acceptors (Lipinski definition) is 25. The number of carboxylic acid groups (broad SMARTS) is 3. The van der Waals surface area contributed by atoms with E-state index in [0.717, 1.165) is 16.7 Å². The Kier molecular flexibility index (Phi) is 45.6. The molecule has 0 saturated carbocycles. The van der Waals surface area contributed by atoms with E-state index in [4.69, 9.17) is 11.5 Å². The third kappa shape index (κ3) is 37.2. The van der Waals surface area contributed by atoms with Crippen molar-refractivity contribution >= 4 is 130 Å². The Balaban J connectivity index is 1.58. The summed E-state index contributed by atoms with van der Waals surface area (Å²) in [7, 11) is 0. The van der Waals surface area contributed by atoms with Crippen molar-refractivity contribution in [2.24, 2.45) is 35.1 Å². The fourth-order valence-corrected chi connectivity index (χ4v) is 12.9. The van der Waals surface area contributed by atoms with Crippen LogP contribution in [0.2, 0.25) is 0 Å². The van der Waals surface area contributed by atoms with Crippen molar-refractivity contribution in [1.29, 1.82) is 0 Å². The van der Waals surface area contributed by atoms with Crippen LogP contribution in [-0.2, 0) is 112 Å². The van der Waals surface area contributed by atoms with Crippen molar-refractivity contribution in [3.05, 3.63) is 35.9 Å². The Morgan fingerprint density at radius 2 is 0.864 bits per heavy atom. The maximum absolute atomic E-state index is 13.8. The van der Waals surface area contributed by atoms with E-state index in [-0.39, 0.29) is 64.0 Å². The Hall–Kier alpha value is -12.6. The molecule has 0 aromatic heterocycles. The van der Waals surface area contributed by atoms with Gasteiger partial charge in [-0.05, 0) is 88.0 Å². The monoisotopic (exact) mass is 1770 g/mol. The van der Waals surface area contributed by atoms with Crippen molar-refractivity contribution < 1.29 is 131 Å². The van der Waals surface area contributed by atoms with Crippen LogP contribution >= 0.6 is 0 Å². The van der Waals surface area contributed by atoms with E-state index in [0.29, 0.717) is 24.8 Å². The molecule has 125 heavy (non-hydrogen) atoms. The van der Waals surface area contributed by atoms with Crippen molar-refractivity contribution in [3.8, 4) is 0 Å². The first-order valence-electron chi connectivity index (χ1n) is 41.0. The van der Waals surface area contributed by atoms with Gasteiger partial charge in [0, 0.05) is 32.4 Å². The van der Waals surface area contributed by atoms with Gasteiger partial charge in [0.25, 0.3) is 0 Å². The number of aliphatic carboxylic acids is 3. The Labute approximate surface area is 720 Å². The van der Waals surface area contributed by atoms with E-state index < -0.39 is 298 Å². The van der Waals surface area contributed by atoms with Gasteiger partial charge in [0.1, 0.15) is 72.5 Å². The first-order valence-corrected chi connectivity index (χ1v) is 41.0. The number of amides is 19. The highest BCUT2D eigenvalue weighted by molar-refractivity contribution is 6.01. The topological polar surface area (TPSA) is 728 Å². The molecule has 2 fully saturated rings. The minimum Gasteiger partial charge on any atom is -0.481 e. The van der Waals surface area contributed by atoms with Gasteiger partial charge in [-0.3, -0.25) is 101 Å². The fraction of sp³-hybridized carbons (Fsp3) is 0.641. The summed E-state index contributed by atoms with van der Waals surface area (Å²) in [4.78, 5) is 290. The minimum absolute atomic E-state index is 0.0275. The number of carbonyl (C=O) groups excluding carboxylic acids is 19. The van der Waals surface area contributed by atoms with Gasteiger partial charge in [0.15, 0.2) is 0 Å². The van der Waals surface area contributed by atoms with Crippen LogP contribution in [0.3, 0.4) is 0 Å². The molecule has 0 bridgehead atoms. The second-order valence-corrected chi connectivity index (χ2v) is 31.3. The number of carboxylic acids is 3. The molecular weight excluding hydrogens is 1650 g/mol. The minimum atomic E-state index is -2.01. The van der Waals surface area contributed by atoms with E-state index in [2.05, 4.69) is 85.1 Å². The molecule has 1 aromatic carbocycles. The SMILES string of the molecule is CC[C@H](C)[C@H](NC(=O)CNC(=O)[C@H](Cc1ccccc1)NC(=O)[C@@H](N)CC(C)C)C(=O)N[C@@H](C)C(=O)NCC(=O)N[C@@H](CCC(=O)O)C(=O)N[C@@H](CC(=O)O)C(=O)NCC(=O)N1CCC[C@H]1C(=O)N[C@H](C(=O)NCC(=O)N1CCC[C@H]1C(=O)N[C@@H](CO)C(=O)NCC(=O)N[C@H](C(=O)N[C@H](C(=O)NCC(=O)N[C@@H](CCC(N)=O)C(=O)O)C(C)C)[C@@H](C)CC)[C@@H](C)O. The second kappa shape index (κ2) is 53.5. The molecule has 47 heteroatoms. The summed E-state index contributed by atoms with van der Waals surface area (Å²) < 4.78 is 0. The molecule has 696 valence electrons.